The summed E-state index contributed by atoms with van der Waals surface area (Å²) in [7, 11) is 1.92. The van der Waals surface area contributed by atoms with Crippen LogP contribution in [0.2, 0.25) is 0 Å². The molecule has 0 radical (unpaired) electrons. The van der Waals surface area contributed by atoms with Crippen molar-refractivity contribution in [3.8, 4) is 0 Å². The summed E-state index contributed by atoms with van der Waals surface area (Å²) in [6.07, 6.45) is 16.5. The van der Waals surface area contributed by atoms with Gasteiger partial charge in [-0.05, 0) is 60.1 Å². The van der Waals surface area contributed by atoms with E-state index in [-0.39, 0.29) is 12.1 Å². The molecule has 0 spiro atoms. The topological polar surface area (TPSA) is 77.5 Å². The summed E-state index contributed by atoms with van der Waals surface area (Å²) in [5.41, 5.74) is 4.20. The van der Waals surface area contributed by atoms with Crippen LogP contribution in [0.4, 0.5) is 0 Å². The molecule has 0 saturated heterocycles. The van der Waals surface area contributed by atoms with Gasteiger partial charge < -0.3 is 14.8 Å². The molecular formula is C29H40N2O4S. The van der Waals surface area contributed by atoms with Crippen LogP contribution in [0.3, 0.4) is 0 Å². The number of nitrogens with zero attached hydrogens (tertiary/aromatic N) is 1. The molecule has 1 aliphatic rings. The lowest BCUT2D eigenvalue weighted by Gasteiger charge is -2.13. The van der Waals surface area contributed by atoms with Crippen molar-refractivity contribution < 1.29 is 19.1 Å². The van der Waals surface area contributed by atoms with Crippen molar-refractivity contribution in [1.82, 2.24) is 10.3 Å². The Hall–Kier alpha value is -2.77. The molecule has 2 heterocycles. The Balaban J connectivity index is 2.22. The van der Waals surface area contributed by atoms with E-state index >= 15 is 0 Å². The van der Waals surface area contributed by atoms with Gasteiger partial charge in [-0.1, -0.05) is 47.1 Å². The van der Waals surface area contributed by atoms with Gasteiger partial charge in [-0.25, -0.2) is 9.78 Å². The lowest BCUT2D eigenvalue weighted by Crippen LogP contribution is -2.17. The second kappa shape index (κ2) is 16.1. The van der Waals surface area contributed by atoms with Crippen molar-refractivity contribution in [2.75, 3.05) is 13.6 Å². The number of fused-ring (bicyclic) bond motifs is 2. The molecule has 0 aromatic carbocycles. The van der Waals surface area contributed by atoms with Gasteiger partial charge in [0.15, 0.2) is 0 Å². The molecule has 1 aromatic rings. The Labute approximate surface area is 219 Å². The highest BCUT2D eigenvalue weighted by atomic mass is 32.1. The van der Waals surface area contributed by atoms with Gasteiger partial charge >= 0.3 is 11.9 Å². The van der Waals surface area contributed by atoms with Gasteiger partial charge in [0.2, 0.25) is 0 Å². The number of aryl methyl sites for hydroxylation is 1. The van der Waals surface area contributed by atoms with Crippen LogP contribution in [0.1, 0.15) is 64.1 Å². The summed E-state index contributed by atoms with van der Waals surface area (Å²) in [6, 6.07) is 0. The standard InChI is InChI=1S/C29H40N2O4S/c1-21(15-16-30-5)13-14-23(3)18-26-19-27-31-25(20-36-27)10-6-7-11-28(32)34-24(4)17-22(2)9-8-12-29(33)35-26/h8-9,12-15,18,20,24,26,30H,6-7,10-11,16-17,19H2,1-5H3/b12-8-,14-13+,21-15+,22-9+,23-18+. The average molecular weight is 513 g/mol. The summed E-state index contributed by atoms with van der Waals surface area (Å²) >= 11 is 1.57. The van der Waals surface area contributed by atoms with Crippen LogP contribution in [0, 0.1) is 0 Å². The normalized spacial score (nSPS) is 24.2. The second-order valence-electron chi connectivity index (χ2n) is 9.25. The Morgan fingerprint density at radius 1 is 1.14 bits per heavy atom. The maximum Gasteiger partial charge on any atom is 0.331 e. The van der Waals surface area contributed by atoms with Crippen molar-refractivity contribution in [2.45, 2.75) is 78.4 Å². The zero-order valence-electron chi connectivity index (χ0n) is 22.2. The number of aromatic nitrogens is 1. The molecule has 0 saturated carbocycles. The van der Waals surface area contributed by atoms with Gasteiger partial charge in [-0.3, -0.25) is 4.79 Å². The molecule has 0 amide bonds. The van der Waals surface area contributed by atoms with Gasteiger partial charge in [-0.2, -0.15) is 0 Å². The number of nitrogens with one attached hydrogen (secondary N) is 1. The highest BCUT2D eigenvalue weighted by Crippen LogP contribution is 2.18. The van der Waals surface area contributed by atoms with Gasteiger partial charge in [0.25, 0.3) is 0 Å². The Kier molecular flexibility index (Phi) is 13.1. The molecule has 0 fully saturated rings. The van der Waals surface area contributed by atoms with Crippen LogP contribution in [0.5, 0.6) is 0 Å². The first-order valence-electron chi connectivity index (χ1n) is 12.6. The molecule has 1 aromatic heterocycles. The van der Waals surface area contributed by atoms with Crippen LogP contribution in [-0.4, -0.2) is 42.7 Å². The summed E-state index contributed by atoms with van der Waals surface area (Å²) in [5, 5.41) is 6.07. The minimum Gasteiger partial charge on any atom is -0.462 e. The van der Waals surface area contributed by atoms with Crippen molar-refractivity contribution in [3.63, 3.8) is 0 Å². The zero-order valence-corrected chi connectivity index (χ0v) is 23.0. The number of hydrogen-bond acceptors (Lipinski definition) is 7. The number of thiazole rings is 1. The molecule has 2 unspecified atom stereocenters. The first kappa shape index (κ1) is 29.5. The third-order valence-corrected chi connectivity index (χ3v) is 6.47. The van der Waals surface area contributed by atoms with Crippen LogP contribution >= 0.6 is 11.3 Å². The van der Waals surface area contributed by atoms with Crippen LogP contribution in [0.15, 0.2) is 64.6 Å². The van der Waals surface area contributed by atoms with E-state index in [2.05, 4.69) is 24.4 Å². The number of rotatable bonds is 5. The fraction of sp³-hybridized carbons (Fsp3) is 0.483. The fourth-order valence-electron chi connectivity index (χ4n) is 3.71. The molecule has 1 aliphatic heterocycles. The van der Waals surface area contributed by atoms with E-state index in [9.17, 15) is 9.59 Å². The largest absolute Gasteiger partial charge is 0.462 e. The van der Waals surface area contributed by atoms with Crippen LogP contribution in [0.25, 0.3) is 0 Å². The maximum atomic E-state index is 12.6. The quantitative estimate of drug-likeness (QED) is 0.396. The van der Waals surface area contributed by atoms with Crippen molar-refractivity contribution in [1.29, 1.82) is 0 Å². The average Bonchev–Trinajstić information content (AvgIpc) is 3.25. The predicted octanol–water partition coefficient (Wildman–Crippen LogP) is 5.82. The lowest BCUT2D eigenvalue weighted by atomic mass is 10.1. The zero-order chi connectivity index (χ0) is 26.3. The van der Waals surface area contributed by atoms with Gasteiger partial charge in [-0.15, -0.1) is 11.3 Å². The third kappa shape index (κ3) is 12.3. The first-order valence-corrected chi connectivity index (χ1v) is 13.5. The maximum absolute atomic E-state index is 12.6. The lowest BCUT2D eigenvalue weighted by molar-refractivity contribution is -0.148. The third-order valence-electron chi connectivity index (χ3n) is 5.55. The molecule has 2 atom stereocenters. The van der Waals surface area contributed by atoms with Crippen LogP contribution in [-0.2, 0) is 31.9 Å². The number of hydrogen-bond donors (Lipinski definition) is 1. The number of carbonyl (C=O) groups excluding carboxylic acids is 2. The number of cyclic esters (lactones) is 2. The number of likely N-dealkylation sites (N-methyl/N-ethyl adjacent to an activating group) is 1. The number of allylic oxidation sites excluding steroid dienone is 6. The van der Waals surface area contributed by atoms with E-state index in [4.69, 9.17) is 14.5 Å². The Morgan fingerprint density at radius 2 is 1.89 bits per heavy atom. The van der Waals surface area contributed by atoms with Crippen molar-refractivity contribution >= 4 is 23.3 Å². The Morgan fingerprint density at radius 3 is 2.67 bits per heavy atom. The van der Waals surface area contributed by atoms with Gasteiger partial charge in [0, 0.05) is 37.3 Å². The minimum atomic E-state index is -0.425. The summed E-state index contributed by atoms with van der Waals surface area (Å²) < 4.78 is 11.3. The number of carbonyl (C=O) groups is 2. The van der Waals surface area contributed by atoms with Gasteiger partial charge in [0.05, 0.1) is 10.7 Å². The number of esters is 2. The van der Waals surface area contributed by atoms with E-state index in [0.717, 1.165) is 53.2 Å². The molecular weight excluding hydrogens is 472 g/mol. The van der Waals surface area contributed by atoms with Crippen molar-refractivity contribution in [2.24, 2.45) is 0 Å². The molecule has 2 bridgehead atoms. The molecule has 7 heteroatoms. The Bertz CT molecular complexity index is 1020. The molecule has 1 N–H and O–H groups in total. The van der Waals surface area contributed by atoms with E-state index < -0.39 is 12.1 Å². The summed E-state index contributed by atoms with van der Waals surface area (Å²) in [4.78, 5) is 29.4. The van der Waals surface area contributed by atoms with Crippen LogP contribution < -0.4 is 5.32 Å². The van der Waals surface area contributed by atoms with E-state index in [1.807, 2.05) is 51.4 Å². The summed E-state index contributed by atoms with van der Waals surface area (Å²) in [5.74, 6) is -0.575. The van der Waals surface area contributed by atoms with Gasteiger partial charge in [0.1, 0.15) is 12.2 Å². The molecule has 0 aliphatic carbocycles. The molecule has 2 rings (SSSR count). The highest BCUT2D eigenvalue weighted by molar-refractivity contribution is 7.09. The first-order chi connectivity index (χ1) is 17.2. The molecule has 6 nitrogen and oxygen atoms in total. The molecule has 36 heavy (non-hydrogen) atoms. The highest BCUT2D eigenvalue weighted by Gasteiger charge is 2.15. The predicted molar refractivity (Wildman–Crippen MR) is 147 cm³/mol. The minimum absolute atomic E-state index is 0.168. The molecule has 196 valence electrons. The van der Waals surface area contributed by atoms with Crippen molar-refractivity contribution in [3.05, 3.63) is 75.3 Å². The fourth-order valence-corrected chi connectivity index (χ4v) is 4.58. The monoisotopic (exact) mass is 512 g/mol. The summed E-state index contributed by atoms with van der Waals surface area (Å²) in [6.45, 7) is 8.71. The van der Waals surface area contributed by atoms with E-state index in [0.29, 0.717) is 19.3 Å². The number of ether oxygens (including phenoxy) is 2. The van der Waals surface area contributed by atoms with E-state index in [1.54, 1.807) is 17.4 Å². The van der Waals surface area contributed by atoms with E-state index in [1.165, 1.54) is 6.08 Å². The smallest absolute Gasteiger partial charge is 0.331 e. The SMILES string of the molecule is CNC/C=C(C)/C=C/C(C)=C/C1Cc2nc(cs2)CCCCC(=O)OC(C)C/C(C)=C/C=C\C(=O)O1. The second-order valence-corrected chi connectivity index (χ2v) is 10.2.